The third-order valence-electron chi connectivity index (χ3n) is 2.69. The van der Waals surface area contributed by atoms with E-state index in [0.29, 0.717) is 0 Å². The Morgan fingerprint density at radius 3 is 2.20 bits per heavy atom. The van der Waals surface area contributed by atoms with Crippen molar-refractivity contribution in [2.24, 2.45) is 0 Å². The predicted molar refractivity (Wildman–Crippen MR) is 63.9 cm³/mol. The van der Waals surface area contributed by atoms with E-state index >= 15 is 0 Å². The molecule has 2 heterocycles. The SMILES string of the molecule is CC1(C)OC(C)(C)C(c2ccco2)=C1S. The van der Waals surface area contributed by atoms with Crippen molar-refractivity contribution in [2.75, 3.05) is 0 Å². The summed E-state index contributed by atoms with van der Waals surface area (Å²) in [5.41, 5.74) is 0.355. The maximum Gasteiger partial charge on any atom is 0.133 e. The first-order chi connectivity index (χ1) is 6.84. The van der Waals surface area contributed by atoms with Crippen molar-refractivity contribution < 1.29 is 9.15 Å². The average Bonchev–Trinajstić information content (AvgIpc) is 2.58. The Morgan fingerprint density at radius 1 is 1.13 bits per heavy atom. The van der Waals surface area contributed by atoms with Crippen molar-refractivity contribution in [1.82, 2.24) is 0 Å². The van der Waals surface area contributed by atoms with E-state index in [-0.39, 0.29) is 11.2 Å². The normalized spacial score (nSPS) is 23.5. The minimum Gasteiger partial charge on any atom is -0.465 e. The number of furan rings is 1. The molecule has 1 aromatic rings. The monoisotopic (exact) mass is 224 g/mol. The molecule has 0 bridgehead atoms. The fraction of sp³-hybridized carbons (Fsp3) is 0.500. The Bertz CT molecular complexity index is 399. The first-order valence-electron chi connectivity index (χ1n) is 5.03. The van der Waals surface area contributed by atoms with Gasteiger partial charge in [0, 0.05) is 10.5 Å². The van der Waals surface area contributed by atoms with Crippen LogP contribution in [-0.4, -0.2) is 11.2 Å². The Kier molecular flexibility index (Phi) is 2.28. The molecule has 0 spiro atoms. The third kappa shape index (κ3) is 1.64. The molecule has 2 nitrogen and oxygen atoms in total. The molecule has 0 aromatic carbocycles. The van der Waals surface area contributed by atoms with Gasteiger partial charge in [0.25, 0.3) is 0 Å². The zero-order valence-corrected chi connectivity index (χ0v) is 10.4. The van der Waals surface area contributed by atoms with Gasteiger partial charge in [0.2, 0.25) is 0 Å². The standard InChI is InChI=1S/C12H16O2S/c1-11(2)9(8-6-5-7-13-8)10(15)12(3,4)14-11/h5-7,15H,1-4H3. The number of rotatable bonds is 1. The van der Waals surface area contributed by atoms with E-state index in [1.54, 1.807) is 6.26 Å². The molecule has 15 heavy (non-hydrogen) atoms. The molecule has 1 aliphatic heterocycles. The topological polar surface area (TPSA) is 22.4 Å². The van der Waals surface area contributed by atoms with Crippen LogP contribution in [0.4, 0.5) is 0 Å². The van der Waals surface area contributed by atoms with Crippen molar-refractivity contribution in [2.45, 2.75) is 38.9 Å². The molecule has 0 fully saturated rings. The maximum atomic E-state index is 5.97. The van der Waals surface area contributed by atoms with E-state index in [1.165, 1.54) is 0 Å². The van der Waals surface area contributed by atoms with Gasteiger partial charge in [-0.05, 0) is 39.8 Å². The molecule has 82 valence electrons. The fourth-order valence-corrected chi connectivity index (χ4v) is 2.58. The van der Waals surface area contributed by atoms with Crippen LogP contribution in [0.25, 0.3) is 5.57 Å². The van der Waals surface area contributed by atoms with Gasteiger partial charge in [0.15, 0.2) is 0 Å². The Balaban J connectivity index is 2.57. The molecule has 0 radical (unpaired) electrons. The van der Waals surface area contributed by atoms with Crippen molar-refractivity contribution in [3.05, 3.63) is 29.1 Å². The van der Waals surface area contributed by atoms with Crippen LogP contribution in [0.1, 0.15) is 33.5 Å². The minimum absolute atomic E-state index is 0.339. The quantitative estimate of drug-likeness (QED) is 0.737. The molecule has 0 amide bonds. The highest BCUT2D eigenvalue weighted by Crippen LogP contribution is 2.48. The molecule has 0 N–H and O–H groups in total. The molecule has 0 aliphatic carbocycles. The van der Waals surface area contributed by atoms with Gasteiger partial charge >= 0.3 is 0 Å². The van der Waals surface area contributed by atoms with E-state index in [9.17, 15) is 0 Å². The second kappa shape index (κ2) is 3.16. The lowest BCUT2D eigenvalue weighted by molar-refractivity contribution is -0.0461. The number of ether oxygens (including phenoxy) is 1. The van der Waals surface area contributed by atoms with E-state index in [0.717, 1.165) is 16.2 Å². The summed E-state index contributed by atoms with van der Waals surface area (Å²) in [5.74, 6) is 0.843. The summed E-state index contributed by atoms with van der Waals surface area (Å²) in [6.45, 7) is 8.12. The number of hydrogen-bond donors (Lipinski definition) is 1. The minimum atomic E-state index is -0.349. The van der Waals surface area contributed by atoms with Crippen LogP contribution in [0.5, 0.6) is 0 Å². The molecule has 3 heteroatoms. The van der Waals surface area contributed by atoms with Crippen LogP contribution >= 0.6 is 12.6 Å². The smallest absolute Gasteiger partial charge is 0.133 e. The van der Waals surface area contributed by atoms with Crippen molar-refractivity contribution in [1.29, 1.82) is 0 Å². The lowest BCUT2D eigenvalue weighted by Gasteiger charge is -2.26. The van der Waals surface area contributed by atoms with Crippen LogP contribution in [0.3, 0.4) is 0 Å². The highest BCUT2D eigenvalue weighted by atomic mass is 32.1. The number of hydrogen-bond acceptors (Lipinski definition) is 3. The third-order valence-corrected chi connectivity index (χ3v) is 3.45. The van der Waals surface area contributed by atoms with Crippen LogP contribution in [0.2, 0.25) is 0 Å². The second-order valence-electron chi connectivity index (χ2n) is 4.82. The average molecular weight is 224 g/mol. The van der Waals surface area contributed by atoms with Crippen LogP contribution in [-0.2, 0) is 4.74 Å². The zero-order chi connectivity index (χ0) is 11.3. The van der Waals surface area contributed by atoms with Gasteiger partial charge in [0.1, 0.15) is 5.76 Å². The van der Waals surface area contributed by atoms with Crippen molar-refractivity contribution in [3.63, 3.8) is 0 Å². The van der Waals surface area contributed by atoms with Crippen LogP contribution in [0.15, 0.2) is 27.7 Å². The van der Waals surface area contributed by atoms with Gasteiger partial charge < -0.3 is 9.15 Å². The largest absolute Gasteiger partial charge is 0.465 e. The summed E-state index contributed by atoms with van der Waals surface area (Å²) < 4.78 is 11.4. The van der Waals surface area contributed by atoms with Gasteiger partial charge in [-0.3, -0.25) is 0 Å². The van der Waals surface area contributed by atoms with Gasteiger partial charge in [-0.1, -0.05) is 0 Å². The van der Waals surface area contributed by atoms with Gasteiger partial charge in [0.05, 0.1) is 17.5 Å². The van der Waals surface area contributed by atoms with Crippen LogP contribution < -0.4 is 0 Å². The lowest BCUT2D eigenvalue weighted by atomic mass is 9.96. The van der Waals surface area contributed by atoms with E-state index in [4.69, 9.17) is 9.15 Å². The molecule has 2 rings (SSSR count). The molecular weight excluding hydrogens is 208 g/mol. The first-order valence-corrected chi connectivity index (χ1v) is 5.47. The summed E-state index contributed by atoms with van der Waals surface area (Å²) >= 11 is 4.56. The van der Waals surface area contributed by atoms with E-state index in [1.807, 2.05) is 39.8 Å². The van der Waals surface area contributed by atoms with Crippen molar-refractivity contribution >= 4 is 18.2 Å². The molecule has 1 aromatic heterocycles. The van der Waals surface area contributed by atoms with E-state index in [2.05, 4.69) is 12.6 Å². The molecule has 0 atom stereocenters. The molecule has 0 saturated carbocycles. The van der Waals surface area contributed by atoms with Crippen molar-refractivity contribution in [3.8, 4) is 0 Å². The van der Waals surface area contributed by atoms with Crippen LogP contribution in [0, 0.1) is 0 Å². The van der Waals surface area contributed by atoms with Gasteiger partial charge in [-0.15, -0.1) is 12.6 Å². The fourth-order valence-electron chi connectivity index (χ4n) is 2.16. The summed E-state index contributed by atoms with van der Waals surface area (Å²) in [6.07, 6.45) is 1.67. The number of thiol groups is 1. The molecule has 0 unspecified atom stereocenters. The van der Waals surface area contributed by atoms with E-state index < -0.39 is 0 Å². The Labute approximate surface area is 95.7 Å². The predicted octanol–water partition coefficient (Wildman–Crippen LogP) is 3.51. The maximum absolute atomic E-state index is 5.97. The lowest BCUT2D eigenvalue weighted by Crippen LogP contribution is -2.29. The van der Waals surface area contributed by atoms with Gasteiger partial charge in [-0.25, -0.2) is 0 Å². The highest BCUT2D eigenvalue weighted by Gasteiger charge is 2.45. The summed E-state index contributed by atoms with van der Waals surface area (Å²) in [6, 6.07) is 3.82. The highest BCUT2D eigenvalue weighted by molar-refractivity contribution is 7.84. The Hall–Kier alpha value is -0.670. The summed E-state index contributed by atoms with van der Waals surface area (Å²) in [4.78, 5) is 0.947. The van der Waals surface area contributed by atoms with Gasteiger partial charge in [-0.2, -0.15) is 0 Å². The molecule has 1 aliphatic rings. The Morgan fingerprint density at radius 2 is 1.80 bits per heavy atom. The first kappa shape index (κ1) is 10.8. The molecular formula is C12H16O2S. The summed E-state index contributed by atoms with van der Waals surface area (Å²) in [7, 11) is 0. The summed E-state index contributed by atoms with van der Waals surface area (Å²) in [5, 5.41) is 0. The zero-order valence-electron chi connectivity index (χ0n) is 9.50. The second-order valence-corrected chi connectivity index (χ2v) is 5.27. The molecule has 0 saturated heterocycles.